The predicted octanol–water partition coefficient (Wildman–Crippen LogP) is 4.84. The molecular weight excluding hydrogens is 331 g/mol. The molecule has 1 heterocycles. The van der Waals surface area contributed by atoms with Gasteiger partial charge in [0, 0.05) is 31.1 Å². The molecule has 0 radical (unpaired) electrons. The summed E-state index contributed by atoms with van der Waals surface area (Å²) in [4.78, 5) is 18.3. The van der Waals surface area contributed by atoms with E-state index in [-0.39, 0.29) is 11.9 Å². The molecule has 0 bridgehead atoms. The molecule has 0 aliphatic heterocycles. The SMILES string of the molecule is CC(C)N(Cc1ccc(Cl)c(Cl)c1)C(=O)/C=C/c1cccnc1. The molecule has 0 aliphatic rings. The van der Waals surface area contributed by atoms with Crippen LogP contribution in [0.3, 0.4) is 0 Å². The lowest BCUT2D eigenvalue weighted by Gasteiger charge is -2.25. The number of rotatable bonds is 5. The van der Waals surface area contributed by atoms with E-state index in [1.807, 2.05) is 32.0 Å². The summed E-state index contributed by atoms with van der Waals surface area (Å²) in [6, 6.07) is 9.21. The molecule has 0 unspecified atom stereocenters. The van der Waals surface area contributed by atoms with Crippen LogP contribution in [0.25, 0.3) is 6.08 Å². The summed E-state index contributed by atoms with van der Waals surface area (Å²) in [5.74, 6) is -0.0603. The Bertz CT molecular complexity index is 699. The van der Waals surface area contributed by atoms with Gasteiger partial charge in [0.25, 0.3) is 0 Å². The molecule has 0 N–H and O–H groups in total. The Morgan fingerprint density at radius 3 is 2.65 bits per heavy atom. The summed E-state index contributed by atoms with van der Waals surface area (Å²) in [6.07, 6.45) is 6.74. The maximum Gasteiger partial charge on any atom is 0.247 e. The van der Waals surface area contributed by atoms with E-state index in [0.717, 1.165) is 11.1 Å². The van der Waals surface area contributed by atoms with Gasteiger partial charge in [-0.3, -0.25) is 9.78 Å². The number of carbonyl (C=O) groups excluding carboxylic acids is 1. The molecule has 3 nitrogen and oxygen atoms in total. The highest BCUT2D eigenvalue weighted by Crippen LogP contribution is 2.23. The van der Waals surface area contributed by atoms with Gasteiger partial charge in [-0.15, -0.1) is 0 Å². The van der Waals surface area contributed by atoms with E-state index < -0.39 is 0 Å². The van der Waals surface area contributed by atoms with E-state index in [9.17, 15) is 4.79 Å². The average Bonchev–Trinajstić information content (AvgIpc) is 2.54. The molecule has 2 rings (SSSR count). The number of carbonyl (C=O) groups is 1. The van der Waals surface area contributed by atoms with Crippen molar-refractivity contribution in [3.63, 3.8) is 0 Å². The number of halogens is 2. The smallest absolute Gasteiger partial charge is 0.247 e. The second-order valence-corrected chi connectivity index (χ2v) is 6.24. The van der Waals surface area contributed by atoms with Gasteiger partial charge in [0.15, 0.2) is 0 Å². The lowest BCUT2D eigenvalue weighted by atomic mass is 10.1. The fraction of sp³-hybridized carbons (Fsp3) is 0.222. The van der Waals surface area contributed by atoms with Crippen molar-refractivity contribution >= 4 is 35.2 Å². The first-order valence-corrected chi connectivity index (χ1v) is 8.05. The van der Waals surface area contributed by atoms with Crippen molar-refractivity contribution < 1.29 is 4.79 Å². The van der Waals surface area contributed by atoms with Crippen molar-refractivity contribution in [3.8, 4) is 0 Å². The summed E-state index contributed by atoms with van der Waals surface area (Å²) >= 11 is 12.0. The van der Waals surface area contributed by atoms with Crippen molar-refractivity contribution in [2.75, 3.05) is 0 Å². The van der Waals surface area contributed by atoms with Gasteiger partial charge in [-0.05, 0) is 49.2 Å². The van der Waals surface area contributed by atoms with E-state index in [4.69, 9.17) is 23.2 Å². The lowest BCUT2D eigenvalue weighted by Crippen LogP contribution is -2.35. The van der Waals surface area contributed by atoms with Crippen LogP contribution in [-0.4, -0.2) is 21.8 Å². The lowest BCUT2D eigenvalue weighted by molar-refractivity contribution is -0.128. The van der Waals surface area contributed by atoms with Crippen LogP contribution in [0.1, 0.15) is 25.0 Å². The Hall–Kier alpha value is -1.84. The second kappa shape index (κ2) is 8.14. The van der Waals surface area contributed by atoms with Gasteiger partial charge in [-0.25, -0.2) is 0 Å². The van der Waals surface area contributed by atoms with Crippen LogP contribution in [0.4, 0.5) is 0 Å². The van der Waals surface area contributed by atoms with Gasteiger partial charge in [0.2, 0.25) is 5.91 Å². The van der Waals surface area contributed by atoms with Crippen LogP contribution < -0.4 is 0 Å². The maximum atomic E-state index is 12.5. The molecule has 23 heavy (non-hydrogen) atoms. The van der Waals surface area contributed by atoms with Crippen LogP contribution in [0.2, 0.25) is 10.0 Å². The number of nitrogens with zero attached hydrogens (tertiary/aromatic N) is 2. The van der Waals surface area contributed by atoms with Crippen LogP contribution in [-0.2, 0) is 11.3 Å². The quantitative estimate of drug-likeness (QED) is 0.724. The first-order chi connectivity index (χ1) is 11.0. The van der Waals surface area contributed by atoms with Crippen LogP contribution in [0, 0.1) is 0 Å². The fourth-order valence-electron chi connectivity index (χ4n) is 2.09. The highest BCUT2D eigenvalue weighted by Gasteiger charge is 2.15. The third-order valence-corrected chi connectivity index (χ3v) is 4.09. The predicted molar refractivity (Wildman–Crippen MR) is 95.4 cm³/mol. The molecule has 5 heteroatoms. The van der Waals surface area contributed by atoms with Gasteiger partial charge < -0.3 is 4.90 Å². The minimum absolute atomic E-state index is 0.0603. The highest BCUT2D eigenvalue weighted by atomic mass is 35.5. The molecule has 0 spiro atoms. The topological polar surface area (TPSA) is 33.2 Å². The molecular formula is C18H18Cl2N2O. The van der Waals surface area contributed by atoms with Crippen molar-refractivity contribution in [1.82, 2.24) is 9.88 Å². The summed E-state index contributed by atoms with van der Waals surface area (Å²) in [5, 5.41) is 1.00. The summed E-state index contributed by atoms with van der Waals surface area (Å²) in [7, 11) is 0. The van der Waals surface area contributed by atoms with E-state index in [1.54, 1.807) is 41.6 Å². The van der Waals surface area contributed by atoms with E-state index in [1.165, 1.54) is 0 Å². The van der Waals surface area contributed by atoms with Gasteiger partial charge >= 0.3 is 0 Å². The van der Waals surface area contributed by atoms with Crippen molar-refractivity contribution in [2.24, 2.45) is 0 Å². The fourth-order valence-corrected chi connectivity index (χ4v) is 2.41. The molecule has 1 amide bonds. The van der Waals surface area contributed by atoms with Gasteiger partial charge in [0.1, 0.15) is 0 Å². The average molecular weight is 349 g/mol. The minimum Gasteiger partial charge on any atom is -0.332 e. The minimum atomic E-state index is -0.0603. The summed E-state index contributed by atoms with van der Waals surface area (Å²) < 4.78 is 0. The van der Waals surface area contributed by atoms with Crippen molar-refractivity contribution in [2.45, 2.75) is 26.4 Å². The summed E-state index contributed by atoms with van der Waals surface area (Å²) in [6.45, 7) is 4.44. The molecule has 0 atom stereocenters. The summed E-state index contributed by atoms with van der Waals surface area (Å²) in [5.41, 5.74) is 1.83. The largest absolute Gasteiger partial charge is 0.332 e. The molecule has 2 aromatic rings. The highest BCUT2D eigenvalue weighted by molar-refractivity contribution is 6.42. The monoisotopic (exact) mass is 348 g/mol. The third-order valence-electron chi connectivity index (χ3n) is 3.35. The number of aromatic nitrogens is 1. The third kappa shape index (κ3) is 5.08. The molecule has 1 aromatic carbocycles. The number of hydrogen-bond acceptors (Lipinski definition) is 2. The number of pyridine rings is 1. The zero-order valence-electron chi connectivity index (χ0n) is 13.0. The van der Waals surface area contributed by atoms with Crippen molar-refractivity contribution in [3.05, 3.63) is 70.0 Å². The van der Waals surface area contributed by atoms with Crippen LogP contribution in [0.15, 0.2) is 48.8 Å². The number of hydrogen-bond donors (Lipinski definition) is 0. The van der Waals surface area contributed by atoms with Gasteiger partial charge in [-0.2, -0.15) is 0 Å². The van der Waals surface area contributed by atoms with Crippen LogP contribution >= 0.6 is 23.2 Å². The zero-order valence-corrected chi connectivity index (χ0v) is 14.6. The number of amides is 1. The molecule has 0 saturated heterocycles. The zero-order chi connectivity index (χ0) is 16.8. The first-order valence-electron chi connectivity index (χ1n) is 7.30. The Morgan fingerprint density at radius 2 is 2.04 bits per heavy atom. The van der Waals surface area contributed by atoms with Crippen LogP contribution in [0.5, 0.6) is 0 Å². The van der Waals surface area contributed by atoms with E-state index in [2.05, 4.69) is 4.98 Å². The molecule has 120 valence electrons. The second-order valence-electron chi connectivity index (χ2n) is 5.43. The van der Waals surface area contributed by atoms with Gasteiger partial charge in [0.05, 0.1) is 10.0 Å². The molecule has 0 saturated carbocycles. The van der Waals surface area contributed by atoms with E-state index >= 15 is 0 Å². The van der Waals surface area contributed by atoms with Gasteiger partial charge in [-0.1, -0.05) is 35.3 Å². The number of benzene rings is 1. The molecule has 1 aromatic heterocycles. The normalized spacial score (nSPS) is 11.2. The Balaban J connectivity index is 2.12. The Morgan fingerprint density at radius 1 is 1.26 bits per heavy atom. The van der Waals surface area contributed by atoms with Crippen molar-refractivity contribution in [1.29, 1.82) is 0 Å². The maximum absolute atomic E-state index is 12.5. The van der Waals surface area contributed by atoms with E-state index in [0.29, 0.717) is 16.6 Å². The first kappa shape index (κ1) is 17.5. The molecule has 0 aliphatic carbocycles. The standard InChI is InChI=1S/C18H18Cl2N2O/c1-13(2)22(12-15-5-7-16(19)17(20)10-15)18(23)8-6-14-4-3-9-21-11-14/h3-11,13H,12H2,1-2H3/b8-6+. The Labute approximate surface area is 146 Å². The Kier molecular flexibility index (Phi) is 6.20. The molecule has 0 fully saturated rings.